The van der Waals surface area contributed by atoms with Crippen LogP contribution < -0.4 is 10.1 Å². The van der Waals surface area contributed by atoms with Crippen LogP contribution in [0.3, 0.4) is 0 Å². The van der Waals surface area contributed by atoms with E-state index in [1.165, 1.54) is 6.33 Å². The molecule has 106 valence electrons. The van der Waals surface area contributed by atoms with Crippen LogP contribution in [0.25, 0.3) is 0 Å². The number of nitrogens with zero attached hydrogens (tertiary/aromatic N) is 2. The molecule has 1 amide bonds. The van der Waals surface area contributed by atoms with Gasteiger partial charge in [0, 0.05) is 6.42 Å². The predicted molar refractivity (Wildman–Crippen MR) is 74.3 cm³/mol. The molecule has 2 aromatic rings. The first kappa shape index (κ1) is 14.0. The molecule has 1 aromatic heterocycles. The average Bonchev–Trinajstić information content (AvgIpc) is 2.99. The van der Waals surface area contributed by atoms with Crippen molar-refractivity contribution in [3.63, 3.8) is 0 Å². The Morgan fingerprint density at radius 3 is 3.05 bits per heavy atom. The molecule has 0 saturated carbocycles. The molecule has 1 aromatic carbocycles. The highest BCUT2D eigenvalue weighted by molar-refractivity contribution is 5.76. The summed E-state index contributed by atoms with van der Waals surface area (Å²) in [7, 11) is 1.63. The third kappa shape index (κ3) is 3.81. The number of amides is 1. The van der Waals surface area contributed by atoms with Gasteiger partial charge in [-0.1, -0.05) is 12.1 Å². The second kappa shape index (κ2) is 6.70. The maximum absolute atomic E-state index is 11.9. The Bertz CT molecular complexity index is 554. The average molecular weight is 274 g/mol. The van der Waals surface area contributed by atoms with Crippen LogP contribution in [-0.4, -0.2) is 28.2 Å². The van der Waals surface area contributed by atoms with Gasteiger partial charge in [-0.2, -0.15) is 5.10 Å². The SMILES string of the molecule is COc1cccc(CCC(=O)NC(C)c2ncn[nH]2)c1. The summed E-state index contributed by atoms with van der Waals surface area (Å²) in [6, 6.07) is 7.55. The molecular weight excluding hydrogens is 256 g/mol. The van der Waals surface area contributed by atoms with Gasteiger partial charge in [0.25, 0.3) is 0 Å². The molecule has 6 heteroatoms. The van der Waals surface area contributed by atoms with Gasteiger partial charge in [0.15, 0.2) is 0 Å². The van der Waals surface area contributed by atoms with Crippen LogP contribution in [0.1, 0.15) is 30.8 Å². The van der Waals surface area contributed by atoms with E-state index >= 15 is 0 Å². The summed E-state index contributed by atoms with van der Waals surface area (Å²) in [6.07, 6.45) is 2.52. The minimum atomic E-state index is -0.171. The quantitative estimate of drug-likeness (QED) is 0.839. The second-order valence-electron chi connectivity index (χ2n) is 4.51. The van der Waals surface area contributed by atoms with Crippen molar-refractivity contribution in [3.05, 3.63) is 42.0 Å². The molecule has 0 aliphatic carbocycles. The van der Waals surface area contributed by atoms with E-state index in [0.717, 1.165) is 11.3 Å². The minimum absolute atomic E-state index is 0.0169. The summed E-state index contributed by atoms with van der Waals surface area (Å²) in [5, 5.41) is 9.38. The molecule has 0 spiro atoms. The molecule has 0 radical (unpaired) electrons. The Morgan fingerprint density at radius 1 is 1.50 bits per heavy atom. The van der Waals surface area contributed by atoms with Crippen LogP contribution in [0.15, 0.2) is 30.6 Å². The van der Waals surface area contributed by atoms with Gasteiger partial charge in [-0.05, 0) is 31.0 Å². The highest BCUT2D eigenvalue weighted by Gasteiger charge is 2.11. The molecule has 0 fully saturated rings. The summed E-state index contributed by atoms with van der Waals surface area (Å²) in [5.41, 5.74) is 1.08. The first-order valence-corrected chi connectivity index (χ1v) is 6.46. The molecule has 6 nitrogen and oxygen atoms in total. The first-order valence-electron chi connectivity index (χ1n) is 6.46. The summed E-state index contributed by atoms with van der Waals surface area (Å²) in [5.74, 6) is 1.44. The first-order chi connectivity index (χ1) is 9.69. The van der Waals surface area contributed by atoms with E-state index in [2.05, 4.69) is 20.5 Å². The van der Waals surface area contributed by atoms with Crippen molar-refractivity contribution < 1.29 is 9.53 Å². The van der Waals surface area contributed by atoms with Gasteiger partial charge >= 0.3 is 0 Å². The molecule has 1 atom stereocenters. The van der Waals surface area contributed by atoms with E-state index in [0.29, 0.717) is 18.7 Å². The lowest BCUT2D eigenvalue weighted by Crippen LogP contribution is -2.27. The topological polar surface area (TPSA) is 79.9 Å². The van der Waals surface area contributed by atoms with Gasteiger partial charge in [0.1, 0.15) is 17.9 Å². The van der Waals surface area contributed by atoms with Crippen LogP contribution >= 0.6 is 0 Å². The highest BCUT2D eigenvalue weighted by Crippen LogP contribution is 2.14. The lowest BCUT2D eigenvalue weighted by atomic mass is 10.1. The van der Waals surface area contributed by atoms with E-state index in [9.17, 15) is 4.79 Å². The number of hydrogen-bond donors (Lipinski definition) is 2. The molecule has 20 heavy (non-hydrogen) atoms. The van der Waals surface area contributed by atoms with Gasteiger partial charge in [0.2, 0.25) is 5.91 Å². The number of aromatic nitrogens is 3. The van der Waals surface area contributed by atoms with Gasteiger partial charge in [-0.15, -0.1) is 0 Å². The van der Waals surface area contributed by atoms with E-state index < -0.39 is 0 Å². The Labute approximate surface area is 117 Å². The second-order valence-corrected chi connectivity index (χ2v) is 4.51. The van der Waals surface area contributed by atoms with E-state index in [-0.39, 0.29) is 11.9 Å². The van der Waals surface area contributed by atoms with Gasteiger partial charge < -0.3 is 10.1 Å². The van der Waals surface area contributed by atoms with Crippen LogP contribution in [0, 0.1) is 0 Å². The third-order valence-corrected chi connectivity index (χ3v) is 3.00. The smallest absolute Gasteiger partial charge is 0.220 e. The van der Waals surface area contributed by atoms with Crippen molar-refractivity contribution in [3.8, 4) is 5.75 Å². The van der Waals surface area contributed by atoms with Crippen LogP contribution in [0.5, 0.6) is 5.75 Å². The normalized spacial score (nSPS) is 11.9. The lowest BCUT2D eigenvalue weighted by Gasteiger charge is -2.11. The zero-order valence-corrected chi connectivity index (χ0v) is 11.6. The summed E-state index contributed by atoms with van der Waals surface area (Å²) in [4.78, 5) is 15.9. The number of aryl methyl sites for hydroxylation is 1. The number of ether oxygens (including phenoxy) is 1. The number of methoxy groups -OCH3 is 1. The van der Waals surface area contributed by atoms with Gasteiger partial charge in [-0.3, -0.25) is 9.89 Å². The number of hydrogen-bond acceptors (Lipinski definition) is 4. The molecule has 1 unspecified atom stereocenters. The molecule has 0 saturated heterocycles. The van der Waals surface area contributed by atoms with Crippen LogP contribution in [0.2, 0.25) is 0 Å². The number of rotatable bonds is 6. The number of nitrogens with one attached hydrogen (secondary N) is 2. The maximum Gasteiger partial charge on any atom is 0.220 e. The third-order valence-electron chi connectivity index (χ3n) is 3.00. The fourth-order valence-electron chi connectivity index (χ4n) is 1.89. The Balaban J connectivity index is 1.83. The molecule has 0 aliphatic heterocycles. The summed E-state index contributed by atoms with van der Waals surface area (Å²) in [6.45, 7) is 1.87. The standard InChI is InChI=1S/C14H18N4O2/c1-10(14-15-9-16-18-14)17-13(19)7-6-11-4-3-5-12(8-11)20-2/h3-5,8-10H,6-7H2,1-2H3,(H,17,19)(H,15,16,18). The minimum Gasteiger partial charge on any atom is -0.497 e. The monoisotopic (exact) mass is 274 g/mol. The number of H-pyrrole nitrogens is 1. The van der Waals surface area contributed by atoms with Crippen molar-refractivity contribution in [1.82, 2.24) is 20.5 Å². The fourth-order valence-corrected chi connectivity index (χ4v) is 1.89. The van der Waals surface area contributed by atoms with Crippen LogP contribution in [-0.2, 0) is 11.2 Å². The van der Waals surface area contributed by atoms with Crippen molar-refractivity contribution in [2.45, 2.75) is 25.8 Å². The van der Waals surface area contributed by atoms with Gasteiger partial charge in [-0.25, -0.2) is 4.98 Å². The maximum atomic E-state index is 11.9. The molecule has 1 heterocycles. The van der Waals surface area contributed by atoms with Crippen molar-refractivity contribution in [1.29, 1.82) is 0 Å². The molecule has 2 rings (SSSR count). The summed E-state index contributed by atoms with van der Waals surface area (Å²) < 4.78 is 5.16. The number of aromatic amines is 1. The number of carbonyl (C=O) groups excluding carboxylic acids is 1. The largest absolute Gasteiger partial charge is 0.497 e. The number of carbonyl (C=O) groups is 1. The van der Waals surface area contributed by atoms with Crippen molar-refractivity contribution in [2.75, 3.05) is 7.11 Å². The van der Waals surface area contributed by atoms with E-state index in [1.54, 1.807) is 7.11 Å². The predicted octanol–water partition coefficient (Wildman–Crippen LogP) is 1.62. The molecular formula is C14H18N4O2. The van der Waals surface area contributed by atoms with Gasteiger partial charge in [0.05, 0.1) is 13.2 Å². The summed E-state index contributed by atoms with van der Waals surface area (Å²) >= 11 is 0. The fraction of sp³-hybridized carbons (Fsp3) is 0.357. The van der Waals surface area contributed by atoms with E-state index in [1.807, 2.05) is 31.2 Å². The Morgan fingerprint density at radius 2 is 2.35 bits per heavy atom. The molecule has 0 aliphatic rings. The van der Waals surface area contributed by atoms with Crippen molar-refractivity contribution >= 4 is 5.91 Å². The Hall–Kier alpha value is -2.37. The zero-order valence-electron chi connectivity index (χ0n) is 11.6. The van der Waals surface area contributed by atoms with E-state index in [4.69, 9.17) is 4.74 Å². The highest BCUT2D eigenvalue weighted by atomic mass is 16.5. The molecule has 2 N–H and O–H groups in total. The Kier molecular flexibility index (Phi) is 4.70. The van der Waals surface area contributed by atoms with Crippen molar-refractivity contribution in [2.24, 2.45) is 0 Å². The zero-order chi connectivity index (χ0) is 14.4. The van der Waals surface area contributed by atoms with Crippen LogP contribution in [0.4, 0.5) is 0 Å². The lowest BCUT2D eigenvalue weighted by molar-refractivity contribution is -0.121. The molecule has 0 bridgehead atoms. The number of benzene rings is 1.